The van der Waals surface area contributed by atoms with Gasteiger partial charge in [-0.2, -0.15) is 0 Å². The van der Waals surface area contributed by atoms with Crippen LogP contribution in [0.4, 0.5) is 4.79 Å². The van der Waals surface area contributed by atoms with Crippen molar-refractivity contribution in [2.45, 2.75) is 13.3 Å². The monoisotopic (exact) mass is 267 g/mol. The predicted octanol–water partition coefficient (Wildman–Crippen LogP) is 0.0722. The third kappa shape index (κ3) is 3.17. The first-order valence-corrected chi connectivity index (χ1v) is 5.44. The van der Waals surface area contributed by atoms with Gasteiger partial charge in [-0.1, -0.05) is 18.3 Å². The summed E-state index contributed by atoms with van der Waals surface area (Å²) in [6.45, 7) is 1.67. The lowest BCUT2D eigenvalue weighted by Crippen LogP contribution is -2.34. The van der Waals surface area contributed by atoms with Crippen molar-refractivity contribution in [3.63, 3.8) is 0 Å². The van der Waals surface area contributed by atoms with E-state index in [-0.39, 0.29) is 22.7 Å². The van der Waals surface area contributed by atoms with Gasteiger partial charge in [0.2, 0.25) is 5.91 Å². The summed E-state index contributed by atoms with van der Waals surface area (Å²) in [5.74, 6) is -0.594. The number of thiocarbonyl (C=S) groups is 1. The molecule has 3 amide bonds. The number of carbonyl (C=O) groups excluding carboxylic acids is 2. The first-order chi connectivity index (χ1) is 8.32. The largest absolute Gasteiger partial charge is 0.507 e. The van der Waals surface area contributed by atoms with Gasteiger partial charge in [0.1, 0.15) is 10.7 Å². The number of hydrogen-bond acceptors (Lipinski definition) is 4. The molecule has 0 atom stereocenters. The Labute approximate surface area is 109 Å². The Morgan fingerprint density at radius 2 is 2.00 bits per heavy atom. The van der Waals surface area contributed by atoms with Crippen molar-refractivity contribution in [1.82, 2.24) is 5.32 Å². The summed E-state index contributed by atoms with van der Waals surface area (Å²) >= 11 is 4.96. The van der Waals surface area contributed by atoms with Crippen LogP contribution >= 0.6 is 12.2 Å². The van der Waals surface area contributed by atoms with Crippen molar-refractivity contribution in [2.75, 3.05) is 0 Å². The molecule has 0 unspecified atom stereocenters. The Kier molecular flexibility index (Phi) is 4.22. The Hall–Kier alpha value is -2.15. The van der Waals surface area contributed by atoms with Crippen LogP contribution in [0.1, 0.15) is 16.7 Å². The Bertz CT molecular complexity index is 529. The van der Waals surface area contributed by atoms with Crippen LogP contribution in [-0.2, 0) is 11.2 Å². The van der Waals surface area contributed by atoms with E-state index in [9.17, 15) is 14.7 Å². The zero-order valence-corrected chi connectivity index (χ0v) is 10.5. The van der Waals surface area contributed by atoms with Crippen molar-refractivity contribution in [2.24, 2.45) is 11.5 Å². The highest BCUT2D eigenvalue weighted by Gasteiger charge is 2.15. The fourth-order valence-electron chi connectivity index (χ4n) is 1.58. The molecule has 0 aromatic heterocycles. The average molecular weight is 267 g/mol. The number of carbonyl (C=O) groups is 2. The Morgan fingerprint density at radius 3 is 2.50 bits per heavy atom. The summed E-state index contributed by atoms with van der Waals surface area (Å²) in [5.41, 5.74) is 11.5. The van der Waals surface area contributed by atoms with Crippen molar-refractivity contribution in [3.8, 4) is 5.75 Å². The van der Waals surface area contributed by atoms with Crippen LogP contribution in [0.3, 0.4) is 0 Å². The molecule has 1 aromatic rings. The minimum absolute atomic E-state index is 0.00354. The van der Waals surface area contributed by atoms with Crippen molar-refractivity contribution < 1.29 is 14.7 Å². The van der Waals surface area contributed by atoms with E-state index in [0.717, 1.165) is 0 Å². The lowest BCUT2D eigenvalue weighted by atomic mass is 9.98. The second-order valence-corrected chi connectivity index (χ2v) is 4.11. The van der Waals surface area contributed by atoms with E-state index in [1.54, 1.807) is 13.0 Å². The van der Waals surface area contributed by atoms with E-state index >= 15 is 0 Å². The summed E-state index contributed by atoms with van der Waals surface area (Å²) in [4.78, 5) is 21.6. The van der Waals surface area contributed by atoms with Gasteiger partial charge in [0.25, 0.3) is 0 Å². The average Bonchev–Trinajstić information content (AvgIpc) is 2.21. The number of phenols is 1. The van der Waals surface area contributed by atoms with Gasteiger partial charge < -0.3 is 16.6 Å². The molecule has 0 aliphatic heterocycles. The maximum absolute atomic E-state index is 10.9. The highest BCUT2D eigenvalue weighted by molar-refractivity contribution is 7.80. The van der Waals surface area contributed by atoms with Crippen LogP contribution in [0.15, 0.2) is 12.1 Å². The maximum atomic E-state index is 10.9. The molecule has 18 heavy (non-hydrogen) atoms. The molecule has 6 N–H and O–H groups in total. The second kappa shape index (κ2) is 5.46. The van der Waals surface area contributed by atoms with E-state index in [1.807, 2.05) is 0 Å². The van der Waals surface area contributed by atoms with E-state index in [4.69, 9.17) is 23.7 Å². The SMILES string of the molecule is Cc1c(CC(N)=O)ccc(O)c1C(=S)NC(N)=O. The van der Waals surface area contributed by atoms with E-state index in [1.165, 1.54) is 6.07 Å². The number of hydrogen-bond donors (Lipinski definition) is 4. The molecule has 1 aromatic carbocycles. The summed E-state index contributed by atoms with van der Waals surface area (Å²) < 4.78 is 0. The molecule has 0 spiro atoms. The summed E-state index contributed by atoms with van der Waals surface area (Å²) in [6, 6.07) is 2.14. The molecule has 0 heterocycles. The third-order valence-electron chi connectivity index (χ3n) is 2.38. The van der Waals surface area contributed by atoms with E-state index < -0.39 is 11.9 Å². The molecule has 6 nitrogen and oxygen atoms in total. The van der Waals surface area contributed by atoms with Crippen LogP contribution in [0.25, 0.3) is 0 Å². The highest BCUT2D eigenvalue weighted by Crippen LogP contribution is 2.24. The fraction of sp³-hybridized carbons (Fsp3) is 0.182. The molecular weight excluding hydrogens is 254 g/mol. The molecule has 1 rings (SSSR count). The molecule has 0 radical (unpaired) electrons. The lowest BCUT2D eigenvalue weighted by Gasteiger charge is -2.13. The van der Waals surface area contributed by atoms with Gasteiger partial charge in [-0.3, -0.25) is 10.1 Å². The number of benzene rings is 1. The standard InChI is InChI=1S/C11H13N3O3S/c1-5-6(4-8(12)16)2-3-7(15)9(5)10(18)14-11(13)17/h2-3,15H,4H2,1H3,(H2,12,16)(H3,13,14,17,18). The molecule has 0 saturated carbocycles. The molecule has 7 heteroatoms. The van der Waals surface area contributed by atoms with Crippen LogP contribution in [0.5, 0.6) is 5.75 Å². The zero-order valence-electron chi connectivity index (χ0n) is 9.69. The third-order valence-corrected chi connectivity index (χ3v) is 2.69. The topological polar surface area (TPSA) is 118 Å². The number of primary amides is 2. The van der Waals surface area contributed by atoms with Gasteiger partial charge in [-0.15, -0.1) is 0 Å². The van der Waals surface area contributed by atoms with Gasteiger partial charge in [0.15, 0.2) is 0 Å². The van der Waals surface area contributed by atoms with Gasteiger partial charge >= 0.3 is 6.03 Å². The summed E-state index contributed by atoms with van der Waals surface area (Å²) in [5, 5.41) is 12.0. The maximum Gasteiger partial charge on any atom is 0.317 e. The highest BCUT2D eigenvalue weighted by atomic mass is 32.1. The smallest absolute Gasteiger partial charge is 0.317 e. The van der Waals surface area contributed by atoms with Crippen molar-refractivity contribution in [1.29, 1.82) is 0 Å². The van der Waals surface area contributed by atoms with Crippen molar-refractivity contribution in [3.05, 3.63) is 28.8 Å². The molecule has 0 saturated heterocycles. The number of phenolic OH excluding ortho intramolecular Hbond substituents is 1. The Morgan fingerprint density at radius 1 is 1.39 bits per heavy atom. The predicted molar refractivity (Wildman–Crippen MR) is 70.2 cm³/mol. The number of aromatic hydroxyl groups is 1. The quantitative estimate of drug-likeness (QED) is 0.579. The minimum Gasteiger partial charge on any atom is -0.507 e. The van der Waals surface area contributed by atoms with Crippen LogP contribution in [-0.4, -0.2) is 22.0 Å². The molecule has 96 valence electrons. The second-order valence-electron chi connectivity index (χ2n) is 3.71. The molecular formula is C11H13N3O3S. The van der Waals surface area contributed by atoms with Gasteiger partial charge in [-0.05, 0) is 24.1 Å². The van der Waals surface area contributed by atoms with Crippen LogP contribution < -0.4 is 16.8 Å². The number of urea groups is 1. The molecule has 0 fully saturated rings. The molecule has 0 aliphatic rings. The summed E-state index contributed by atoms with van der Waals surface area (Å²) in [6.07, 6.45) is 0.0261. The van der Waals surface area contributed by atoms with Gasteiger partial charge in [0, 0.05) is 0 Å². The minimum atomic E-state index is -0.820. The number of nitrogens with two attached hydrogens (primary N) is 2. The van der Waals surface area contributed by atoms with Gasteiger partial charge in [0.05, 0.1) is 12.0 Å². The van der Waals surface area contributed by atoms with E-state index in [2.05, 4.69) is 5.32 Å². The fourth-order valence-corrected chi connectivity index (χ4v) is 1.94. The zero-order chi connectivity index (χ0) is 13.9. The first-order valence-electron chi connectivity index (χ1n) is 5.03. The lowest BCUT2D eigenvalue weighted by molar-refractivity contribution is -0.117. The number of amides is 3. The first kappa shape index (κ1) is 13.9. The molecule has 0 aliphatic carbocycles. The van der Waals surface area contributed by atoms with Crippen molar-refractivity contribution >= 4 is 29.1 Å². The van der Waals surface area contributed by atoms with E-state index in [0.29, 0.717) is 11.1 Å². The van der Waals surface area contributed by atoms with Crippen LogP contribution in [0, 0.1) is 6.92 Å². The summed E-state index contributed by atoms with van der Waals surface area (Å²) in [7, 11) is 0. The van der Waals surface area contributed by atoms with Crippen LogP contribution in [0.2, 0.25) is 0 Å². The number of rotatable bonds is 3. The molecule has 0 bridgehead atoms. The number of nitrogens with one attached hydrogen (secondary N) is 1. The Balaban J connectivity index is 3.21. The van der Waals surface area contributed by atoms with Gasteiger partial charge in [-0.25, -0.2) is 4.79 Å². The normalized spacial score (nSPS) is 9.83.